The van der Waals surface area contributed by atoms with Gasteiger partial charge in [-0.3, -0.25) is 0 Å². The van der Waals surface area contributed by atoms with Gasteiger partial charge in [0, 0.05) is 0 Å². The number of sulfonamides is 1. The summed E-state index contributed by atoms with van der Waals surface area (Å²) in [5, 5.41) is 0. The Morgan fingerprint density at radius 1 is 1.08 bits per heavy atom. The molecule has 26 heavy (non-hydrogen) atoms. The van der Waals surface area contributed by atoms with Gasteiger partial charge in [-0.2, -0.15) is 0 Å². The topological polar surface area (TPSA) is 54.5 Å². The van der Waals surface area contributed by atoms with E-state index in [2.05, 4.69) is 28.1 Å². The number of amides is 1. The fraction of sp³-hybridized carbons (Fsp3) is 0.316. The Kier molecular flexibility index (Phi) is 4.76. The molecule has 4 rings (SSSR count). The quantitative estimate of drug-likeness (QED) is 0.480. The van der Waals surface area contributed by atoms with Gasteiger partial charge in [0.1, 0.15) is 0 Å². The second-order valence-electron chi connectivity index (χ2n) is 6.70. The van der Waals surface area contributed by atoms with E-state index in [9.17, 15) is 13.2 Å². The number of nitrogens with zero attached hydrogens (tertiary/aromatic N) is 1. The van der Waals surface area contributed by atoms with Gasteiger partial charge in [-0.25, -0.2) is 0 Å². The molecule has 2 aliphatic rings. The van der Waals surface area contributed by atoms with Gasteiger partial charge in [0.2, 0.25) is 0 Å². The van der Waals surface area contributed by atoms with Crippen molar-refractivity contribution in [1.29, 1.82) is 0 Å². The van der Waals surface area contributed by atoms with E-state index in [1.165, 1.54) is 8.77 Å². The van der Waals surface area contributed by atoms with Crippen molar-refractivity contribution in [2.45, 2.75) is 33.9 Å². The van der Waals surface area contributed by atoms with Crippen LogP contribution in [0.3, 0.4) is 0 Å². The summed E-state index contributed by atoms with van der Waals surface area (Å²) < 4.78 is 28.7. The molecule has 1 aliphatic carbocycles. The van der Waals surface area contributed by atoms with Crippen LogP contribution in [0.15, 0.2) is 59.5 Å². The summed E-state index contributed by atoms with van der Waals surface area (Å²) in [7, 11) is -3.81. The van der Waals surface area contributed by atoms with Gasteiger partial charge in [0.15, 0.2) is 0 Å². The van der Waals surface area contributed by atoms with Crippen LogP contribution in [0.25, 0.3) is 0 Å². The predicted octanol–water partition coefficient (Wildman–Crippen LogP) is 2.50. The number of carbonyl (C=O) groups is 1. The molecular formula is C19H18BrNO3SSe. The van der Waals surface area contributed by atoms with Gasteiger partial charge in [0.25, 0.3) is 0 Å². The molecule has 0 unspecified atom stereocenters. The van der Waals surface area contributed by atoms with Gasteiger partial charge in [-0.05, 0) is 0 Å². The average Bonchev–Trinajstić information content (AvgIpc) is 3.12. The minimum atomic E-state index is -3.81. The van der Waals surface area contributed by atoms with Crippen molar-refractivity contribution in [3.05, 3.63) is 60.2 Å². The maximum absolute atomic E-state index is 13.1. The number of aryl methyl sites for hydroxylation is 1. The van der Waals surface area contributed by atoms with E-state index < -0.39 is 10.0 Å². The summed E-state index contributed by atoms with van der Waals surface area (Å²) in [6.07, 6.45) is 0.610. The van der Waals surface area contributed by atoms with Crippen molar-refractivity contribution in [1.82, 2.24) is 4.31 Å². The summed E-state index contributed by atoms with van der Waals surface area (Å²) in [6, 6.07) is 16.6. The third-order valence-corrected chi connectivity index (χ3v) is 11.8. The van der Waals surface area contributed by atoms with Crippen LogP contribution in [-0.2, 0) is 14.8 Å². The van der Waals surface area contributed by atoms with E-state index in [0.29, 0.717) is 6.42 Å². The van der Waals surface area contributed by atoms with Crippen molar-refractivity contribution in [3.63, 3.8) is 0 Å². The third-order valence-electron chi connectivity index (χ3n) is 5.00. The van der Waals surface area contributed by atoms with E-state index in [4.69, 9.17) is 0 Å². The first-order valence-electron chi connectivity index (χ1n) is 8.40. The SMILES string of the molecule is Cc1ccc(S(=O)(=O)N2C(=O)[C@@H]3C[C@H]2[C@H]([Se]c2ccccc2)[C@H]3Br)cc1. The molecule has 0 spiro atoms. The normalized spacial score (nSPS) is 27.9. The van der Waals surface area contributed by atoms with Gasteiger partial charge in [-0.15, -0.1) is 0 Å². The minimum absolute atomic E-state index is 0.0460. The fourth-order valence-corrected chi connectivity index (χ4v) is 9.67. The molecule has 1 aliphatic heterocycles. The van der Waals surface area contributed by atoms with E-state index >= 15 is 0 Å². The zero-order chi connectivity index (χ0) is 18.5. The average molecular weight is 499 g/mol. The molecule has 1 amide bonds. The maximum atomic E-state index is 13.1. The molecule has 2 aromatic carbocycles. The van der Waals surface area contributed by atoms with Gasteiger partial charge in [0.05, 0.1) is 0 Å². The second kappa shape index (κ2) is 6.79. The Bertz CT molecular complexity index is 933. The summed E-state index contributed by atoms with van der Waals surface area (Å²) in [5.41, 5.74) is 0.990. The van der Waals surface area contributed by atoms with E-state index in [-0.39, 0.29) is 47.4 Å². The number of rotatable bonds is 4. The molecule has 136 valence electrons. The van der Waals surface area contributed by atoms with Crippen LogP contribution in [0.5, 0.6) is 0 Å². The van der Waals surface area contributed by atoms with Crippen LogP contribution in [0.4, 0.5) is 0 Å². The zero-order valence-electron chi connectivity index (χ0n) is 14.1. The summed E-state index contributed by atoms with van der Waals surface area (Å²) >= 11 is 3.79. The van der Waals surface area contributed by atoms with Crippen molar-refractivity contribution in [2.24, 2.45) is 5.92 Å². The first kappa shape index (κ1) is 18.2. The van der Waals surface area contributed by atoms with Crippen molar-refractivity contribution < 1.29 is 13.2 Å². The molecule has 1 saturated carbocycles. The number of hydrogen-bond acceptors (Lipinski definition) is 3. The third kappa shape index (κ3) is 2.95. The number of alkyl halides is 1. The summed E-state index contributed by atoms with van der Waals surface area (Å²) in [6.45, 7) is 1.91. The predicted molar refractivity (Wildman–Crippen MR) is 105 cm³/mol. The molecule has 0 aromatic heterocycles. The van der Waals surface area contributed by atoms with Crippen LogP contribution in [-0.4, -0.2) is 44.5 Å². The van der Waals surface area contributed by atoms with E-state index in [0.717, 1.165) is 5.56 Å². The Morgan fingerprint density at radius 2 is 1.73 bits per heavy atom. The number of benzene rings is 2. The van der Waals surface area contributed by atoms with Crippen molar-refractivity contribution in [3.8, 4) is 0 Å². The number of halogens is 1. The molecular weight excluding hydrogens is 481 g/mol. The molecule has 1 saturated heterocycles. The molecule has 0 N–H and O–H groups in total. The number of piperidine rings is 1. The Morgan fingerprint density at radius 3 is 2.35 bits per heavy atom. The Hall–Kier alpha value is -1.14. The van der Waals surface area contributed by atoms with Crippen LogP contribution < -0.4 is 4.46 Å². The number of hydrogen-bond donors (Lipinski definition) is 0. The Balaban J connectivity index is 1.67. The molecule has 7 heteroatoms. The van der Waals surface area contributed by atoms with Gasteiger partial charge in [-0.1, -0.05) is 0 Å². The van der Waals surface area contributed by atoms with Gasteiger partial charge >= 0.3 is 169 Å². The van der Waals surface area contributed by atoms with E-state index in [1.54, 1.807) is 24.3 Å². The summed E-state index contributed by atoms with van der Waals surface area (Å²) in [4.78, 5) is 13.2. The fourth-order valence-electron chi connectivity index (χ4n) is 3.68. The molecule has 2 fully saturated rings. The van der Waals surface area contributed by atoms with Crippen LogP contribution in [0.1, 0.15) is 12.0 Å². The monoisotopic (exact) mass is 499 g/mol. The molecule has 1 heterocycles. The standard InChI is InChI=1S/C19H18BrNO3SSe/c1-12-7-9-13(10-8-12)25(23,24)21-16-11-15(19(21)22)17(20)18(16)26-14-5-3-2-4-6-14/h2-10,15-18H,11H2,1H3/t15-,16+,17+,18+/m1/s1. The second-order valence-corrected chi connectivity index (χ2v) is 12.2. The number of fused-ring (bicyclic) bond motifs is 2. The van der Waals surface area contributed by atoms with Crippen LogP contribution >= 0.6 is 15.9 Å². The first-order valence-corrected chi connectivity index (χ1v) is 12.6. The van der Waals surface area contributed by atoms with Crippen molar-refractivity contribution in [2.75, 3.05) is 0 Å². The molecule has 4 atom stereocenters. The van der Waals surface area contributed by atoms with Crippen LogP contribution in [0.2, 0.25) is 4.82 Å². The summed E-state index contributed by atoms with van der Waals surface area (Å²) in [5.74, 6) is -0.520. The van der Waals surface area contributed by atoms with Crippen LogP contribution in [0, 0.1) is 12.8 Å². The molecule has 0 radical (unpaired) electrons. The molecule has 2 bridgehead atoms. The number of carbonyl (C=O) groups excluding carboxylic acids is 1. The molecule has 4 nitrogen and oxygen atoms in total. The Labute approximate surface area is 168 Å². The molecule has 2 aromatic rings. The first-order chi connectivity index (χ1) is 12.4. The van der Waals surface area contributed by atoms with Gasteiger partial charge < -0.3 is 0 Å². The zero-order valence-corrected chi connectivity index (χ0v) is 18.2. The van der Waals surface area contributed by atoms with Crippen molar-refractivity contribution >= 4 is 51.3 Å². The van der Waals surface area contributed by atoms with E-state index in [1.807, 2.05) is 25.1 Å².